The van der Waals surface area contributed by atoms with E-state index in [0.717, 1.165) is 0 Å². The van der Waals surface area contributed by atoms with E-state index in [1.54, 1.807) is 29.2 Å². The molecule has 1 heterocycles. The Morgan fingerprint density at radius 2 is 2.11 bits per heavy atom. The van der Waals surface area contributed by atoms with Gasteiger partial charge in [-0.3, -0.25) is 9.59 Å². The Labute approximate surface area is 111 Å². The molecule has 5 heteroatoms. The van der Waals surface area contributed by atoms with Crippen molar-refractivity contribution in [3.8, 4) is 6.07 Å². The van der Waals surface area contributed by atoms with Crippen molar-refractivity contribution >= 4 is 11.8 Å². The van der Waals surface area contributed by atoms with Gasteiger partial charge in [-0.1, -0.05) is 18.2 Å². The molecule has 1 aromatic carbocycles. The fraction of sp³-hybridized carbons (Fsp3) is 0.357. The van der Waals surface area contributed by atoms with Crippen LogP contribution in [0.3, 0.4) is 0 Å². The Morgan fingerprint density at radius 1 is 1.37 bits per heavy atom. The van der Waals surface area contributed by atoms with Crippen molar-refractivity contribution in [3.05, 3.63) is 35.9 Å². The Balaban J connectivity index is 1.64. The van der Waals surface area contributed by atoms with Crippen LogP contribution in [0.4, 0.5) is 0 Å². The van der Waals surface area contributed by atoms with Gasteiger partial charge in [0.1, 0.15) is 6.04 Å². The molecule has 1 fully saturated rings. The second-order valence-electron chi connectivity index (χ2n) is 4.42. The van der Waals surface area contributed by atoms with Crippen LogP contribution in [-0.2, 0) is 4.79 Å². The fourth-order valence-electron chi connectivity index (χ4n) is 1.80. The van der Waals surface area contributed by atoms with Crippen molar-refractivity contribution < 1.29 is 9.59 Å². The van der Waals surface area contributed by atoms with Crippen LogP contribution in [0.25, 0.3) is 0 Å². The molecule has 2 amide bonds. The maximum atomic E-state index is 11.7. The third-order valence-electron chi connectivity index (χ3n) is 2.97. The first kappa shape index (κ1) is 13.1. The zero-order valence-electron chi connectivity index (χ0n) is 10.5. The lowest BCUT2D eigenvalue weighted by molar-refractivity contribution is -0.126. The van der Waals surface area contributed by atoms with Crippen LogP contribution in [0.1, 0.15) is 23.2 Å². The van der Waals surface area contributed by atoms with Crippen LogP contribution in [-0.4, -0.2) is 35.8 Å². The highest BCUT2D eigenvalue weighted by Crippen LogP contribution is 2.17. The highest BCUT2D eigenvalue weighted by Gasteiger charge is 2.37. The van der Waals surface area contributed by atoms with E-state index >= 15 is 0 Å². The lowest BCUT2D eigenvalue weighted by Gasteiger charge is -2.05. The van der Waals surface area contributed by atoms with Gasteiger partial charge in [0.15, 0.2) is 0 Å². The van der Waals surface area contributed by atoms with E-state index in [2.05, 4.69) is 5.32 Å². The molecule has 1 aromatic rings. The molecule has 0 aromatic heterocycles. The summed E-state index contributed by atoms with van der Waals surface area (Å²) in [5.41, 5.74) is 0.615. The molecule has 1 unspecified atom stereocenters. The predicted molar refractivity (Wildman–Crippen MR) is 69.1 cm³/mol. The molecule has 1 atom stereocenters. The molecule has 0 radical (unpaired) electrons. The number of rotatable bonds is 5. The molecule has 0 bridgehead atoms. The maximum Gasteiger partial charge on any atom is 0.251 e. The van der Waals surface area contributed by atoms with Crippen molar-refractivity contribution in [1.82, 2.24) is 10.2 Å². The summed E-state index contributed by atoms with van der Waals surface area (Å²) in [5, 5.41) is 11.4. The van der Waals surface area contributed by atoms with Gasteiger partial charge in [0.25, 0.3) is 5.91 Å². The standard InChI is InChI=1S/C14H15N3O2/c15-9-12-10-17(12)13(18)7-4-8-16-14(19)11-5-2-1-3-6-11/h1-3,5-6,12H,4,7-8,10H2,(H,16,19). The van der Waals surface area contributed by atoms with E-state index in [-0.39, 0.29) is 17.9 Å². The summed E-state index contributed by atoms with van der Waals surface area (Å²) in [5.74, 6) is -0.143. The van der Waals surface area contributed by atoms with Crippen molar-refractivity contribution in [2.45, 2.75) is 18.9 Å². The summed E-state index contributed by atoms with van der Waals surface area (Å²) in [6.45, 7) is 1.01. The number of nitrogens with one attached hydrogen (secondary N) is 1. The van der Waals surface area contributed by atoms with E-state index in [4.69, 9.17) is 5.26 Å². The molecule has 2 rings (SSSR count). The molecule has 1 aliphatic rings. The quantitative estimate of drug-likeness (QED) is 0.630. The number of benzene rings is 1. The first-order valence-corrected chi connectivity index (χ1v) is 6.24. The summed E-state index contributed by atoms with van der Waals surface area (Å²) in [6, 6.07) is 10.8. The van der Waals surface area contributed by atoms with Gasteiger partial charge < -0.3 is 10.2 Å². The van der Waals surface area contributed by atoms with Crippen LogP contribution in [0, 0.1) is 11.3 Å². The molecule has 5 nitrogen and oxygen atoms in total. The molecule has 19 heavy (non-hydrogen) atoms. The van der Waals surface area contributed by atoms with Gasteiger partial charge in [0.05, 0.1) is 12.6 Å². The molecule has 1 aliphatic heterocycles. The first-order valence-electron chi connectivity index (χ1n) is 6.24. The van der Waals surface area contributed by atoms with Gasteiger partial charge in [0.2, 0.25) is 5.91 Å². The van der Waals surface area contributed by atoms with E-state index in [0.29, 0.717) is 31.5 Å². The SMILES string of the molecule is N#CC1CN1C(=O)CCCNC(=O)c1ccccc1. The molecule has 0 saturated carbocycles. The number of hydrogen-bond donors (Lipinski definition) is 1. The van der Waals surface area contributed by atoms with Crippen molar-refractivity contribution in [2.75, 3.05) is 13.1 Å². The number of nitriles is 1. The normalized spacial score (nSPS) is 16.6. The second-order valence-corrected chi connectivity index (χ2v) is 4.42. The molecular formula is C14H15N3O2. The van der Waals surface area contributed by atoms with Crippen LogP contribution in [0.15, 0.2) is 30.3 Å². The van der Waals surface area contributed by atoms with Crippen LogP contribution >= 0.6 is 0 Å². The average molecular weight is 257 g/mol. The third kappa shape index (κ3) is 3.55. The van der Waals surface area contributed by atoms with Crippen molar-refractivity contribution in [3.63, 3.8) is 0 Å². The first-order chi connectivity index (χ1) is 9.22. The van der Waals surface area contributed by atoms with Gasteiger partial charge in [-0.25, -0.2) is 0 Å². The number of carbonyl (C=O) groups is 2. The average Bonchev–Trinajstić information content (AvgIpc) is 3.23. The van der Waals surface area contributed by atoms with E-state index in [1.165, 1.54) is 0 Å². The zero-order valence-corrected chi connectivity index (χ0v) is 10.5. The smallest absolute Gasteiger partial charge is 0.251 e. The second kappa shape index (κ2) is 6.01. The summed E-state index contributed by atoms with van der Waals surface area (Å²) in [4.78, 5) is 24.8. The van der Waals surface area contributed by atoms with E-state index in [9.17, 15) is 9.59 Å². The summed E-state index contributed by atoms with van der Waals surface area (Å²) in [7, 11) is 0. The van der Waals surface area contributed by atoms with Gasteiger partial charge in [-0.15, -0.1) is 0 Å². The molecular weight excluding hydrogens is 242 g/mol. The van der Waals surface area contributed by atoms with Crippen LogP contribution < -0.4 is 5.32 Å². The molecule has 0 aliphatic carbocycles. The Morgan fingerprint density at radius 3 is 2.74 bits per heavy atom. The lowest BCUT2D eigenvalue weighted by atomic mass is 10.2. The largest absolute Gasteiger partial charge is 0.352 e. The minimum atomic E-state index is -0.230. The number of nitrogens with zero attached hydrogens (tertiary/aromatic N) is 2. The summed E-state index contributed by atoms with van der Waals surface area (Å²) < 4.78 is 0. The number of carbonyl (C=O) groups excluding carboxylic acids is 2. The van der Waals surface area contributed by atoms with Gasteiger partial charge >= 0.3 is 0 Å². The van der Waals surface area contributed by atoms with Crippen LogP contribution in [0.2, 0.25) is 0 Å². The topological polar surface area (TPSA) is 73.0 Å². The third-order valence-corrected chi connectivity index (χ3v) is 2.97. The maximum absolute atomic E-state index is 11.7. The monoisotopic (exact) mass is 257 g/mol. The van der Waals surface area contributed by atoms with E-state index < -0.39 is 0 Å². The molecule has 0 spiro atoms. The molecule has 1 N–H and O–H groups in total. The fourth-order valence-corrected chi connectivity index (χ4v) is 1.80. The Bertz CT molecular complexity index is 507. The lowest BCUT2D eigenvalue weighted by Crippen LogP contribution is -2.25. The predicted octanol–water partition coefficient (Wildman–Crippen LogP) is 0.931. The number of hydrogen-bond acceptors (Lipinski definition) is 3. The van der Waals surface area contributed by atoms with Gasteiger partial charge in [-0.2, -0.15) is 5.26 Å². The highest BCUT2D eigenvalue weighted by molar-refractivity contribution is 5.94. The minimum absolute atomic E-state index is 0.0134. The Kier molecular flexibility index (Phi) is 4.14. The van der Waals surface area contributed by atoms with Gasteiger partial charge in [-0.05, 0) is 18.6 Å². The highest BCUT2D eigenvalue weighted by atomic mass is 16.2. The minimum Gasteiger partial charge on any atom is -0.352 e. The zero-order chi connectivity index (χ0) is 13.7. The van der Waals surface area contributed by atoms with Crippen LogP contribution in [0.5, 0.6) is 0 Å². The summed E-state index contributed by atoms with van der Waals surface area (Å²) >= 11 is 0. The van der Waals surface area contributed by atoms with Crippen molar-refractivity contribution in [2.24, 2.45) is 0 Å². The summed E-state index contributed by atoms with van der Waals surface area (Å²) in [6.07, 6.45) is 0.958. The molecule has 98 valence electrons. The van der Waals surface area contributed by atoms with E-state index in [1.807, 2.05) is 12.1 Å². The Hall–Kier alpha value is -2.35. The van der Waals surface area contributed by atoms with Crippen molar-refractivity contribution in [1.29, 1.82) is 5.26 Å². The molecule has 1 saturated heterocycles. The van der Waals surface area contributed by atoms with Gasteiger partial charge in [0, 0.05) is 18.5 Å². The number of amides is 2.